The maximum Gasteiger partial charge on any atom is 0.254 e. The van der Waals surface area contributed by atoms with Gasteiger partial charge in [0, 0.05) is 25.5 Å². The van der Waals surface area contributed by atoms with E-state index in [0.717, 1.165) is 25.2 Å². The van der Waals surface area contributed by atoms with Crippen molar-refractivity contribution in [3.8, 4) is 0 Å². The molecule has 0 bridgehead atoms. The molecule has 0 aromatic carbocycles. The fourth-order valence-corrected chi connectivity index (χ4v) is 1.64. The first-order valence-corrected chi connectivity index (χ1v) is 6.27. The fourth-order valence-electron chi connectivity index (χ4n) is 1.64. The van der Waals surface area contributed by atoms with Crippen LogP contribution < -0.4 is 10.6 Å². The Bertz CT molecular complexity index is 388. The van der Waals surface area contributed by atoms with Gasteiger partial charge in [0.15, 0.2) is 0 Å². The number of nitrogens with zero attached hydrogens (tertiary/aromatic N) is 1. The summed E-state index contributed by atoms with van der Waals surface area (Å²) in [6.45, 7) is 3.76. The van der Waals surface area contributed by atoms with Crippen LogP contribution in [0.4, 0.5) is 5.69 Å². The summed E-state index contributed by atoms with van der Waals surface area (Å²) in [6.07, 6.45) is 6.85. The first-order valence-electron chi connectivity index (χ1n) is 6.27. The first-order chi connectivity index (χ1) is 8.31. The number of hydrogen-bond donors (Lipinski definition) is 2. The molecule has 0 atom stereocenters. The minimum absolute atomic E-state index is 0.0244. The minimum atomic E-state index is -0.0244. The molecule has 4 nitrogen and oxygen atoms in total. The number of carbonyl (C=O) groups excluding carboxylic acids is 1. The van der Waals surface area contributed by atoms with E-state index in [1.807, 2.05) is 6.07 Å². The molecule has 92 valence electrons. The number of carbonyl (C=O) groups is 1. The molecule has 0 radical (unpaired) electrons. The number of nitrogens with one attached hydrogen (secondary N) is 2. The van der Waals surface area contributed by atoms with Crippen LogP contribution in [0.2, 0.25) is 0 Å². The van der Waals surface area contributed by atoms with Crippen molar-refractivity contribution in [3.05, 3.63) is 24.0 Å². The first kappa shape index (κ1) is 11.9. The Hall–Kier alpha value is -1.58. The van der Waals surface area contributed by atoms with E-state index in [4.69, 9.17) is 0 Å². The Kier molecular flexibility index (Phi) is 3.96. The van der Waals surface area contributed by atoms with E-state index < -0.39 is 0 Å². The van der Waals surface area contributed by atoms with Gasteiger partial charge in [0.25, 0.3) is 5.91 Å². The number of hydrogen-bond acceptors (Lipinski definition) is 3. The Morgan fingerprint density at radius 2 is 2.35 bits per heavy atom. The van der Waals surface area contributed by atoms with Gasteiger partial charge in [0.05, 0.1) is 11.3 Å². The minimum Gasteiger partial charge on any atom is -0.384 e. The van der Waals surface area contributed by atoms with Crippen molar-refractivity contribution in [2.45, 2.75) is 26.2 Å². The van der Waals surface area contributed by atoms with Gasteiger partial charge in [0.2, 0.25) is 0 Å². The highest BCUT2D eigenvalue weighted by Crippen LogP contribution is 2.27. The maximum absolute atomic E-state index is 12.0. The van der Waals surface area contributed by atoms with Crippen LogP contribution in [0, 0.1) is 5.92 Å². The van der Waals surface area contributed by atoms with E-state index >= 15 is 0 Å². The van der Waals surface area contributed by atoms with Gasteiger partial charge in [-0.3, -0.25) is 9.78 Å². The summed E-state index contributed by atoms with van der Waals surface area (Å²) in [7, 11) is 0. The SMILES string of the molecule is CCCNc1ccncc1C(=O)NCC1CC1. The van der Waals surface area contributed by atoms with E-state index in [9.17, 15) is 4.79 Å². The molecule has 0 saturated heterocycles. The van der Waals surface area contributed by atoms with Gasteiger partial charge in [-0.05, 0) is 31.2 Å². The highest BCUT2D eigenvalue weighted by molar-refractivity contribution is 5.99. The van der Waals surface area contributed by atoms with Crippen molar-refractivity contribution in [1.29, 1.82) is 0 Å². The molecule has 0 unspecified atom stereocenters. The second kappa shape index (κ2) is 5.66. The third kappa shape index (κ3) is 3.44. The van der Waals surface area contributed by atoms with Crippen molar-refractivity contribution in [2.75, 3.05) is 18.4 Å². The van der Waals surface area contributed by atoms with E-state index in [-0.39, 0.29) is 5.91 Å². The largest absolute Gasteiger partial charge is 0.384 e. The molecule has 1 heterocycles. The van der Waals surface area contributed by atoms with Crippen LogP contribution in [0.3, 0.4) is 0 Å². The summed E-state index contributed by atoms with van der Waals surface area (Å²) in [5.74, 6) is 0.672. The lowest BCUT2D eigenvalue weighted by Crippen LogP contribution is -2.26. The molecule has 1 fully saturated rings. The molecule has 1 aromatic heterocycles. The molecule has 1 amide bonds. The predicted molar refractivity (Wildman–Crippen MR) is 68.1 cm³/mol. The zero-order chi connectivity index (χ0) is 12.1. The number of aromatic nitrogens is 1. The van der Waals surface area contributed by atoms with Crippen LogP contribution in [-0.2, 0) is 0 Å². The summed E-state index contributed by atoms with van der Waals surface area (Å²) in [5, 5.41) is 6.21. The lowest BCUT2D eigenvalue weighted by atomic mass is 10.2. The quantitative estimate of drug-likeness (QED) is 0.790. The average Bonchev–Trinajstić information content (AvgIpc) is 3.18. The smallest absolute Gasteiger partial charge is 0.254 e. The molecule has 0 spiro atoms. The Morgan fingerprint density at radius 3 is 3.06 bits per heavy atom. The van der Waals surface area contributed by atoms with Gasteiger partial charge < -0.3 is 10.6 Å². The standard InChI is InChI=1S/C13H19N3O/c1-2-6-15-12-5-7-14-9-11(12)13(17)16-8-10-3-4-10/h5,7,9-10H,2-4,6,8H2,1H3,(H,14,15)(H,16,17). The molecule has 1 saturated carbocycles. The van der Waals surface area contributed by atoms with Gasteiger partial charge >= 0.3 is 0 Å². The molecule has 4 heteroatoms. The van der Waals surface area contributed by atoms with Gasteiger partial charge in [0.1, 0.15) is 0 Å². The molecule has 1 aliphatic carbocycles. The van der Waals surface area contributed by atoms with Crippen molar-refractivity contribution in [2.24, 2.45) is 5.92 Å². The molecule has 2 N–H and O–H groups in total. The summed E-state index contributed by atoms with van der Waals surface area (Å²) in [5.41, 5.74) is 1.51. The van der Waals surface area contributed by atoms with Crippen molar-refractivity contribution in [3.63, 3.8) is 0 Å². The normalized spacial score (nSPS) is 14.4. The molecule has 17 heavy (non-hydrogen) atoms. The molecule has 2 rings (SSSR count). The Morgan fingerprint density at radius 1 is 1.53 bits per heavy atom. The Balaban J connectivity index is 1.98. The van der Waals surface area contributed by atoms with Gasteiger partial charge in [-0.2, -0.15) is 0 Å². The topological polar surface area (TPSA) is 54.0 Å². The lowest BCUT2D eigenvalue weighted by Gasteiger charge is -2.10. The average molecular weight is 233 g/mol. The lowest BCUT2D eigenvalue weighted by molar-refractivity contribution is 0.0952. The van der Waals surface area contributed by atoms with Crippen LogP contribution in [0.15, 0.2) is 18.5 Å². The van der Waals surface area contributed by atoms with Crippen LogP contribution in [0.5, 0.6) is 0 Å². The third-order valence-electron chi connectivity index (χ3n) is 2.88. The van der Waals surface area contributed by atoms with Gasteiger partial charge in [-0.25, -0.2) is 0 Å². The zero-order valence-corrected chi connectivity index (χ0v) is 10.2. The van der Waals surface area contributed by atoms with E-state index in [2.05, 4.69) is 22.5 Å². The number of amides is 1. The summed E-state index contributed by atoms with van der Waals surface area (Å²) in [4.78, 5) is 16.0. The Labute approximate surface area is 102 Å². The third-order valence-corrected chi connectivity index (χ3v) is 2.88. The van der Waals surface area contributed by atoms with E-state index in [0.29, 0.717) is 11.5 Å². The molecular formula is C13H19N3O. The second-order valence-electron chi connectivity index (χ2n) is 4.50. The summed E-state index contributed by atoms with van der Waals surface area (Å²) in [6, 6.07) is 1.85. The second-order valence-corrected chi connectivity index (χ2v) is 4.50. The van der Waals surface area contributed by atoms with Crippen molar-refractivity contribution >= 4 is 11.6 Å². The van der Waals surface area contributed by atoms with E-state index in [1.54, 1.807) is 12.4 Å². The number of anilines is 1. The van der Waals surface area contributed by atoms with Crippen LogP contribution in [0.1, 0.15) is 36.5 Å². The fraction of sp³-hybridized carbons (Fsp3) is 0.538. The maximum atomic E-state index is 12.0. The summed E-state index contributed by atoms with van der Waals surface area (Å²) >= 11 is 0. The van der Waals surface area contributed by atoms with Crippen molar-refractivity contribution in [1.82, 2.24) is 10.3 Å². The predicted octanol–water partition coefficient (Wildman–Crippen LogP) is 2.04. The van der Waals surface area contributed by atoms with Crippen LogP contribution in [0.25, 0.3) is 0 Å². The number of pyridine rings is 1. The van der Waals surface area contributed by atoms with E-state index in [1.165, 1.54) is 12.8 Å². The van der Waals surface area contributed by atoms with Crippen molar-refractivity contribution < 1.29 is 4.79 Å². The highest BCUT2D eigenvalue weighted by Gasteiger charge is 2.22. The zero-order valence-electron chi connectivity index (χ0n) is 10.2. The van der Waals surface area contributed by atoms with Gasteiger partial charge in [-0.15, -0.1) is 0 Å². The monoisotopic (exact) mass is 233 g/mol. The molecule has 1 aliphatic rings. The summed E-state index contributed by atoms with van der Waals surface area (Å²) < 4.78 is 0. The number of rotatable bonds is 6. The molecular weight excluding hydrogens is 214 g/mol. The molecule has 0 aliphatic heterocycles. The van der Waals surface area contributed by atoms with Gasteiger partial charge in [-0.1, -0.05) is 6.92 Å². The van der Waals surface area contributed by atoms with Crippen LogP contribution in [-0.4, -0.2) is 24.0 Å². The molecule has 1 aromatic rings. The highest BCUT2D eigenvalue weighted by atomic mass is 16.1. The van der Waals surface area contributed by atoms with Crippen LogP contribution >= 0.6 is 0 Å².